The van der Waals surface area contributed by atoms with Crippen LogP contribution in [-0.4, -0.2) is 22.0 Å². The maximum atomic E-state index is 13.1. The van der Waals surface area contributed by atoms with Gasteiger partial charge in [0.2, 0.25) is 0 Å². The first-order chi connectivity index (χ1) is 10.1. The highest BCUT2D eigenvalue weighted by Crippen LogP contribution is 2.37. The van der Waals surface area contributed by atoms with Crippen LogP contribution < -0.4 is 4.90 Å². The number of benzene rings is 1. The third kappa shape index (κ3) is 2.83. The average Bonchev–Trinajstić information content (AvgIpc) is 2.67. The van der Waals surface area contributed by atoms with E-state index in [9.17, 15) is 13.2 Å². The molecule has 0 aliphatic carbocycles. The molecule has 1 aliphatic rings. The number of thiocarbonyl (C=S) groups is 1. The number of halogens is 3. The van der Waals surface area contributed by atoms with Crippen molar-refractivity contribution in [2.75, 3.05) is 11.2 Å². The van der Waals surface area contributed by atoms with Crippen LogP contribution in [-0.2, 0) is 6.18 Å². The van der Waals surface area contributed by atoms with Gasteiger partial charge in [-0.3, -0.25) is 4.90 Å². The molecule has 0 bridgehead atoms. The number of nitriles is 1. The highest BCUT2D eigenvalue weighted by atomic mass is 32.2. The Hall–Kier alpha value is -1.59. The fraction of sp³-hybridized carbons (Fsp3) is 0.357. The molecule has 0 saturated heterocycles. The van der Waals surface area contributed by atoms with E-state index < -0.39 is 22.8 Å². The number of hydrogen-bond acceptors (Lipinski definition) is 4. The van der Waals surface area contributed by atoms with Crippen LogP contribution in [0.4, 0.5) is 18.9 Å². The number of anilines is 1. The van der Waals surface area contributed by atoms with Crippen LogP contribution in [0.3, 0.4) is 0 Å². The molecule has 0 unspecified atom stereocenters. The minimum Gasteiger partial charge on any atom is -0.281 e. The predicted molar refractivity (Wildman–Crippen MR) is 86.3 cm³/mol. The summed E-state index contributed by atoms with van der Waals surface area (Å²) in [5.74, 6) is 0. The van der Waals surface area contributed by atoms with Crippen LogP contribution in [0.25, 0.3) is 0 Å². The number of alkyl halides is 3. The standard InChI is InChI=1S/C14H12F3N3S2/c1-13(2)11(21)20(12(19-13)22-3)9-5-4-8(7-18)10(6-9)14(15,16)17/h4-6H,1-3H3. The molecule has 1 heterocycles. The molecule has 0 N–H and O–H groups in total. The van der Waals surface area contributed by atoms with E-state index in [1.165, 1.54) is 22.7 Å². The number of nitrogens with zero attached hydrogens (tertiary/aromatic N) is 3. The van der Waals surface area contributed by atoms with Crippen molar-refractivity contribution in [3.8, 4) is 6.07 Å². The second-order valence-corrected chi connectivity index (χ2v) is 6.30. The normalized spacial score (nSPS) is 17.4. The van der Waals surface area contributed by atoms with Crippen molar-refractivity contribution < 1.29 is 13.2 Å². The van der Waals surface area contributed by atoms with E-state index in [0.29, 0.717) is 10.2 Å². The number of rotatable bonds is 1. The molecule has 0 fully saturated rings. The molecule has 0 spiro atoms. The predicted octanol–water partition coefficient (Wildman–Crippen LogP) is 4.22. The summed E-state index contributed by atoms with van der Waals surface area (Å²) < 4.78 is 39.3. The Kier molecular flexibility index (Phi) is 4.24. The zero-order chi connectivity index (χ0) is 16.7. The first-order valence-electron chi connectivity index (χ1n) is 6.21. The van der Waals surface area contributed by atoms with Gasteiger partial charge in [0.1, 0.15) is 10.5 Å². The Balaban J connectivity index is 2.58. The first-order valence-corrected chi connectivity index (χ1v) is 7.85. The van der Waals surface area contributed by atoms with Gasteiger partial charge in [-0.15, -0.1) is 0 Å². The van der Waals surface area contributed by atoms with Gasteiger partial charge in [0.05, 0.1) is 17.2 Å². The van der Waals surface area contributed by atoms with Crippen molar-refractivity contribution >= 4 is 39.8 Å². The summed E-state index contributed by atoms with van der Waals surface area (Å²) >= 11 is 6.66. The minimum atomic E-state index is -4.60. The first kappa shape index (κ1) is 16.8. The van der Waals surface area contributed by atoms with E-state index in [-0.39, 0.29) is 5.69 Å². The zero-order valence-electron chi connectivity index (χ0n) is 12.0. The Morgan fingerprint density at radius 1 is 1.36 bits per heavy atom. The Labute approximate surface area is 135 Å². The fourth-order valence-electron chi connectivity index (χ4n) is 2.07. The van der Waals surface area contributed by atoms with Gasteiger partial charge in [0.25, 0.3) is 0 Å². The Bertz CT molecular complexity index is 702. The van der Waals surface area contributed by atoms with Gasteiger partial charge in [-0.1, -0.05) is 24.0 Å². The highest BCUT2D eigenvalue weighted by Gasteiger charge is 2.40. The van der Waals surface area contributed by atoms with Gasteiger partial charge < -0.3 is 0 Å². The fourth-order valence-corrected chi connectivity index (χ4v) is 3.06. The van der Waals surface area contributed by atoms with Crippen LogP contribution in [0.1, 0.15) is 25.0 Å². The van der Waals surface area contributed by atoms with E-state index in [0.717, 1.165) is 12.1 Å². The average molecular weight is 343 g/mol. The lowest BCUT2D eigenvalue weighted by Crippen LogP contribution is -2.37. The smallest absolute Gasteiger partial charge is 0.281 e. The number of aliphatic imine (C=N–C) groups is 1. The van der Waals surface area contributed by atoms with Crippen LogP contribution in [0.15, 0.2) is 23.2 Å². The molecular weight excluding hydrogens is 331 g/mol. The number of amidine groups is 1. The third-order valence-electron chi connectivity index (χ3n) is 3.16. The molecule has 0 radical (unpaired) electrons. The lowest BCUT2D eigenvalue weighted by molar-refractivity contribution is -0.137. The Morgan fingerprint density at radius 3 is 2.50 bits per heavy atom. The molecule has 8 heteroatoms. The number of thioether (sulfide) groups is 1. The van der Waals surface area contributed by atoms with E-state index in [4.69, 9.17) is 17.5 Å². The van der Waals surface area contributed by atoms with Crippen molar-refractivity contribution in [1.29, 1.82) is 5.26 Å². The monoisotopic (exact) mass is 343 g/mol. The van der Waals surface area contributed by atoms with Crippen LogP contribution in [0.5, 0.6) is 0 Å². The molecule has 0 amide bonds. The minimum absolute atomic E-state index is 0.259. The molecule has 3 nitrogen and oxygen atoms in total. The maximum absolute atomic E-state index is 13.1. The second-order valence-electron chi connectivity index (χ2n) is 5.14. The lowest BCUT2D eigenvalue weighted by Gasteiger charge is -2.24. The van der Waals surface area contributed by atoms with Crippen molar-refractivity contribution in [1.82, 2.24) is 0 Å². The van der Waals surface area contributed by atoms with E-state index in [1.807, 2.05) is 0 Å². The van der Waals surface area contributed by atoms with Gasteiger partial charge in [-0.05, 0) is 38.3 Å². The van der Waals surface area contributed by atoms with Gasteiger partial charge in [-0.25, -0.2) is 4.99 Å². The van der Waals surface area contributed by atoms with Gasteiger partial charge in [-0.2, -0.15) is 18.4 Å². The molecule has 116 valence electrons. The lowest BCUT2D eigenvalue weighted by atomic mass is 10.0. The van der Waals surface area contributed by atoms with Crippen LogP contribution in [0.2, 0.25) is 0 Å². The van der Waals surface area contributed by atoms with E-state index in [2.05, 4.69) is 4.99 Å². The number of hydrogen-bond donors (Lipinski definition) is 0. The third-order valence-corrected chi connectivity index (χ3v) is 4.48. The van der Waals surface area contributed by atoms with Crippen molar-refractivity contribution in [3.63, 3.8) is 0 Å². The maximum Gasteiger partial charge on any atom is 0.417 e. The zero-order valence-corrected chi connectivity index (χ0v) is 13.7. The SMILES string of the molecule is CSC1=NC(C)(C)C(=S)N1c1ccc(C#N)c(C(F)(F)F)c1. The van der Waals surface area contributed by atoms with Crippen molar-refractivity contribution in [2.45, 2.75) is 25.6 Å². The Morgan fingerprint density at radius 2 is 2.00 bits per heavy atom. The molecule has 1 aromatic carbocycles. The molecule has 1 aromatic rings. The largest absolute Gasteiger partial charge is 0.417 e. The quantitative estimate of drug-likeness (QED) is 0.716. The summed E-state index contributed by atoms with van der Waals surface area (Å²) in [6.07, 6.45) is -2.82. The summed E-state index contributed by atoms with van der Waals surface area (Å²) in [4.78, 5) is 6.38. The topological polar surface area (TPSA) is 39.4 Å². The molecule has 1 aliphatic heterocycles. The van der Waals surface area contributed by atoms with Crippen LogP contribution >= 0.6 is 24.0 Å². The second kappa shape index (κ2) is 5.56. The molecule has 0 aromatic heterocycles. The summed E-state index contributed by atoms with van der Waals surface area (Å²) in [5.41, 5.74) is -1.78. The van der Waals surface area contributed by atoms with Gasteiger partial charge >= 0.3 is 6.18 Å². The van der Waals surface area contributed by atoms with Gasteiger partial charge in [0.15, 0.2) is 5.17 Å². The molecular formula is C14H12F3N3S2. The molecule has 22 heavy (non-hydrogen) atoms. The molecule has 0 saturated carbocycles. The molecule has 2 rings (SSSR count). The van der Waals surface area contributed by atoms with E-state index >= 15 is 0 Å². The summed E-state index contributed by atoms with van der Waals surface area (Å²) in [6.45, 7) is 3.61. The van der Waals surface area contributed by atoms with Gasteiger partial charge in [0, 0.05) is 5.69 Å². The van der Waals surface area contributed by atoms with Crippen molar-refractivity contribution in [2.24, 2.45) is 4.99 Å². The summed E-state index contributed by atoms with van der Waals surface area (Å²) in [7, 11) is 0. The van der Waals surface area contributed by atoms with E-state index in [1.54, 1.807) is 26.2 Å². The summed E-state index contributed by atoms with van der Waals surface area (Å²) in [6, 6.07) is 5.12. The molecule has 0 atom stereocenters. The highest BCUT2D eigenvalue weighted by molar-refractivity contribution is 8.13. The summed E-state index contributed by atoms with van der Waals surface area (Å²) in [5, 5.41) is 9.39. The van der Waals surface area contributed by atoms with Crippen LogP contribution in [0, 0.1) is 11.3 Å². The van der Waals surface area contributed by atoms with Crippen molar-refractivity contribution in [3.05, 3.63) is 29.3 Å².